The maximum absolute atomic E-state index is 5.46. The minimum Gasteiger partial charge on any atom is -0.381 e. The third-order valence-corrected chi connectivity index (χ3v) is 4.84. The lowest BCUT2D eigenvalue weighted by Gasteiger charge is -2.39. The van der Waals surface area contributed by atoms with Crippen molar-refractivity contribution in [2.24, 2.45) is 5.41 Å². The van der Waals surface area contributed by atoms with Crippen molar-refractivity contribution in [1.82, 2.24) is 10.2 Å². The second-order valence-electron chi connectivity index (χ2n) is 6.20. The third-order valence-electron chi connectivity index (χ3n) is 4.84. The molecule has 0 aromatic rings. The Balaban J connectivity index is 1.82. The molecule has 1 saturated heterocycles. The molecule has 0 amide bonds. The Hall–Kier alpha value is -0.120. The molecule has 3 nitrogen and oxygen atoms in total. The molecular formula is C15H30N2O. The molecule has 1 heterocycles. The number of nitrogens with one attached hydrogen (secondary N) is 1. The van der Waals surface area contributed by atoms with E-state index in [0.717, 1.165) is 6.54 Å². The molecule has 0 spiro atoms. The van der Waals surface area contributed by atoms with Gasteiger partial charge in [-0.25, -0.2) is 0 Å². The molecule has 1 saturated carbocycles. The number of hydrogen-bond acceptors (Lipinski definition) is 3. The van der Waals surface area contributed by atoms with Gasteiger partial charge >= 0.3 is 0 Å². The van der Waals surface area contributed by atoms with E-state index in [-0.39, 0.29) is 0 Å². The van der Waals surface area contributed by atoms with Crippen LogP contribution in [-0.4, -0.2) is 50.8 Å². The zero-order valence-corrected chi connectivity index (χ0v) is 12.2. The summed E-state index contributed by atoms with van der Waals surface area (Å²) in [6.45, 7) is 8.29. The number of likely N-dealkylation sites (tertiary alicyclic amines) is 1. The minimum absolute atomic E-state index is 0.509. The van der Waals surface area contributed by atoms with Gasteiger partial charge in [-0.2, -0.15) is 0 Å². The quantitative estimate of drug-likeness (QED) is 0.787. The molecule has 2 rings (SSSR count). The molecule has 0 atom stereocenters. The van der Waals surface area contributed by atoms with Crippen molar-refractivity contribution in [2.75, 3.05) is 39.8 Å². The van der Waals surface area contributed by atoms with Crippen LogP contribution >= 0.6 is 0 Å². The first-order chi connectivity index (χ1) is 8.78. The highest BCUT2D eigenvalue weighted by Crippen LogP contribution is 2.38. The summed E-state index contributed by atoms with van der Waals surface area (Å²) < 4.78 is 5.46. The van der Waals surface area contributed by atoms with Crippen LogP contribution in [0.25, 0.3) is 0 Å². The molecule has 106 valence electrons. The number of piperidine rings is 1. The fraction of sp³-hybridized carbons (Fsp3) is 1.00. The van der Waals surface area contributed by atoms with E-state index in [1.807, 2.05) is 7.11 Å². The summed E-state index contributed by atoms with van der Waals surface area (Å²) in [5.74, 6) is 0. The number of nitrogens with zero attached hydrogens (tertiary/aromatic N) is 1. The van der Waals surface area contributed by atoms with Crippen LogP contribution in [0.5, 0.6) is 0 Å². The minimum atomic E-state index is 0.509. The van der Waals surface area contributed by atoms with Gasteiger partial charge in [-0.05, 0) is 37.6 Å². The van der Waals surface area contributed by atoms with Crippen LogP contribution in [0.15, 0.2) is 0 Å². The second-order valence-corrected chi connectivity index (χ2v) is 6.20. The molecule has 0 radical (unpaired) electrons. The van der Waals surface area contributed by atoms with Gasteiger partial charge in [0.1, 0.15) is 0 Å². The Morgan fingerprint density at radius 1 is 1.22 bits per heavy atom. The lowest BCUT2D eigenvalue weighted by atomic mass is 9.84. The van der Waals surface area contributed by atoms with Crippen molar-refractivity contribution in [3.05, 3.63) is 0 Å². The zero-order valence-electron chi connectivity index (χ0n) is 12.2. The number of ether oxygens (including phenoxy) is 1. The predicted molar refractivity (Wildman–Crippen MR) is 75.9 cm³/mol. The summed E-state index contributed by atoms with van der Waals surface area (Å²) >= 11 is 0. The smallest absolute Gasteiger partial charge is 0.0595 e. The summed E-state index contributed by atoms with van der Waals surface area (Å²) in [6.07, 6.45) is 8.64. The van der Waals surface area contributed by atoms with E-state index >= 15 is 0 Å². The van der Waals surface area contributed by atoms with Gasteiger partial charge in [-0.1, -0.05) is 19.8 Å². The molecule has 1 N–H and O–H groups in total. The van der Waals surface area contributed by atoms with E-state index in [0.29, 0.717) is 11.5 Å². The number of rotatable bonds is 6. The van der Waals surface area contributed by atoms with Crippen molar-refractivity contribution in [3.63, 3.8) is 0 Å². The normalized spacial score (nSPS) is 25.7. The van der Waals surface area contributed by atoms with Gasteiger partial charge < -0.3 is 15.0 Å². The molecule has 0 unspecified atom stereocenters. The molecule has 2 fully saturated rings. The van der Waals surface area contributed by atoms with Crippen LogP contribution in [0.3, 0.4) is 0 Å². The summed E-state index contributed by atoms with van der Waals surface area (Å²) in [7, 11) is 1.85. The first-order valence-electron chi connectivity index (χ1n) is 7.74. The van der Waals surface area contributed by atoms with Gasteiger partial charge in [-0.3, -0.25) is 0 Å². The van der Waals surface area contributed by atoms with E-state index in [1.165, 1.54) is 64.7 Å². The fourth-order valence-electron chi connectivity index (χ4n) is 3.68. The number of hydrogen-bond donors (Lipinski definition) is 1. The van der Waals surface area contributed by atoms with E-state index in [2.05, 4.69) is 17.1 Å². The standard InChI is InChI=1S/C15H30N2O/c1-3-16-12-15(8-4-5-9-15)13-17-10-6-14(18-2)7-11-17/h14,16H,3-13H2,1-2H3. The van der Waals surface area contributed by atoms with Gasteiger partial charge in [0.15, 0.2) is 0 Å². The fourth-order valence-corrected chi connectivity index (χ4v) is 3.68. The first kappa shape index (κ1) is 14.3. The average molecular weight is 254 g/mol. The lowest BCUT2D eigenvalue weighted by molar-refractivity contribution is 0.0265. The Kier molecular flexibility index (Phi) is 5.46. The first-order valence-corrected chi connectivity index (χ1v) is 7.74. The van der Waals surface area contributed by atoms with Gasteiger partial charge in [0.25, 0.3) is 0 Å². The van der Waals surface area contributed by atoms with E-state index in [4.69, 9.17) is 4.74 Å². The molecule has 1 aliphatic carbocycles. The molecule has 0 bridgehead atoms. The van der Waals surface area contributed by atoms with Crippen molar-refractivity contribution in [2.45, 2.75) is 51.6 Å². The summed E-state index contributed by atoms with van der Waals surface area (Å²) in [5, 5.41) is 3.59. The monoisotopic (exact) mass is 254 g/mol. The van der Waals surface area contributed by atoms with Crippen molar-refractivity contribution in [3.8, 4) is 0 Å². The lowest BCUT2D eigenvalue weighted by Crippen LogP contribution is -2.46. The van der Waals surface area contributed by atoms with Gasteiger partial charge in [0, 0.05) is 33.3 Å². The Bertz CT molecular complexity index is 231. The van der Waals surface area contributed by atoms with Crippen molar-refractivity contribution >= 4 is 0 Å². The van der Waals surface area contributed by atoms with E-state index in [9.17, 15) is 0 Å². The van der Waals surface area contributed by atoms with Crippen LogP contribution < -0.4 is 5.32 Å². The zero-order chi connectivity index (χ0) is 12.8. The molecular weight excluding hydrogens is 224 g/mol. The van der Waals surface area contributed by atoms with E-state index in [1.54, 1.807) is 0 Å². The Morgan fingerprint density at radius 2 is 1.89 bits per heavy atom. The van der Waals surface area contributed by atoms with E-state index < -0.39 is 0 Å². The highest BCUT2D eigenvalue weighted by Gasteiger charge is 2.35. The molecule has 1 aliphatic heterocycles. The summed E-state index contributed by atoms with van der Waals surface area (Å²) in [6, 6.07) is 0. The van der Waals surface area contributed by atoms with Crippen LogP contribution in [0, 0.1) is 5.41 Å². The Labute approximate surface area is 112 Å². The molecule has 18 heavy (non-hydrogen) atoms. The van der Waals surface area contributed by atoms with Crippen molar-refractivity contribution in [1.29, 1.82) is 0 Å². The topological polar surface area (TPSA) is 24.5 Å². The molecule has 3 heteroatoms. The van der Waals surface area contributed by atoms with Crippen LogP contribution in [0.2, 0.25) is 0 Å². The summed E-state index contributed by atoms with van der Waals surface area (Å²) in [4.78, 5) is 2.68. The van der Waals surface area contributed by atoms with Crippen molar-refractivity contribution < 1.29 is 4.74 Å². The van der Waals surface area contributed by atoms with Crippen LogP contribution in [-0.2, 0) is 4.74 Å². The predicted octanol–water partition coefficient (Wildman–Crippen LogP) is 2.27. The molecule has 0 aromatic heterocycles. The second kappa shape index (κ2) is 6.88. The average Bonchev–Trinajstić information content (AvgIpc) is 2.86. The van der Waals surface area contributed by atoms with Gasteiger partial charge in [0.2, 0.25) is 0 Å². The largest absolute Gasteiger partial charge is 0.381 e. The maximum Gasteiger partial charge on any atom is 0.0595 e. The summed E-state index contributed by atoms with van der Waals surface area (Å²) in [5.41, 5.74) is 0.565. The van der Waals surface area contributed by atoms with Gasteiger partial charge in [-0.15, -0.1) is 0 Å². The highest BCUT2D eigenvalue weighted by molar-refractivity contribution is 4.90. The molecule has 0 aromatic carbocycles. The SMILES string of the molecule is CCNCC1(CN2CCC(OC)CC2)CCCC1. The Morgan fingerprint density at radius 3 is 2.44 bits per heavy atom. The van der Waals surface area contributed by atoms with Crippen LogP contribution in [0.1, 0.15) is 45.4 Å². The third kappa shape index (κ3) is 3.69. The van der Waals surface area contributed by atoms with Crippen LogP contribution in [0.4, 0.5) is 0 Å². The highest BCUT2D eigenvalue weighted by atomic mass is 16.5. The maximum atomic E-state index is 5.46. The number of methoxy groups -OCH3 is 1. The molecule has 2 aliphatic rings. The van der Waals surface area contributed by atoms with Gasteiger partial charge in [0.05, 0.1) is 6.10 Å².